The maximum Gasteiger partial charge on any atom is 0.334 e. The normalized spacial score (nSPS) is 21.8. The third kappa shape index (κ3) is 4.36. The standard InChI is InChI=1S/C19H30O4/c1-4-18(10-6-7-11-18)22-16(20)14-15(3)17(21)23-19(5-2)12-8-9-13-19/h3-14H2,1-2H3. The van der Waals surface area contributed by atoms with Crippen molar-refractivity contribution in [1.29, 1.82) is 0 Å². The minimum atomic E-state index is -0.442. The lowest BCUT2D eigenvalue weighted by molar-refractivity contribution is -0.162. The zero-order valence-corrected chi connectivity index (χ0v) is 14.6. The van der Waals surface area contributed by atoms with E-state index in [0.29, 0.717) is 0 Å². The van der Waals surface area contributed by atoms with Crippen LogP contribution in [-0.2, 0) is 19.1 Å². The van der Waals surface area contributed by atoms with E-state index in [1.165, 1.54) is 0 Å². The van der Waals surface area contributed by atoms with Gasteiger partial charge in [-0.05, 0) is 64.2 Å². The molecule has 2 saturated carbocycles. The number of ether oxygens (including phenoxy) is 2. The molecule has 0 N–H and O–H groups in total. The topological polar surface area (TPSA) is 52.6 Å². The average molecular weight is 322 g/mol. The molecule has 130 valence electrons. The lowest BCUT2D eigenvalue weighted by atomic mass is 9.98. The fourth-order valence-electron chi connectivity index (χ4n) is 3.89. The summed E-state index contributed by atoms with van der Waals surface area (Å²) in [6.07, 6.45) is 9.62. The molecule has 2 fully saturated rings. The van der Waals surface area contributed by atoms with Crippen molar-refractivity contribution in [2.75, 3.05) is 0 Å². The van der Waals surface area contributed by atoms with Gasteiger partial charge in [-0.25, -0.2) is 4.79 Å². The second kappa shape index (κ2) is 7.50. The van der Waals surface area contributed by atoms with Crippen LogP contribution in [0.2, 0.25) is 0 Å². The van der Waals surface area contributed by atoms with Crippen LogP contribution in [0.5, 0.6) is 0 Å². The fourth-order valence-corrected chi connectivity index (χ4v) is 3.89. The monoisotopic (exact) mass is 322 g/mol. The van der Waals surface area contributed by atoms with Gasteiger partial charge in [-0.15, -0.1) is 0 Å². The summed E-state index contributed by atoms with van der Waals surface area (Å²) in [5.41, 5.74) is -0.462. The van der Waals surface area contributed by atoms with Crippen molar-refractivity contribution in [3.63, 3.8) is 0 Å². The molecule has 0 radical (unpaired) electrons. The molecule has 23 heavy (non-hydrogen) atoms. The first-order valence-electron chi connectivity index (χ1n) is 9.07. The maximum absolute atomic E-state index is 12.3. The molecule has 0 aromatic rings. The van der Waals surface area contributed by atoms with Gasteiger partial charge in [0.25, 0.3) is 0 Å². The maximum atomic E-state index is 12.3. The lowest BCUT2D eigenvalue weighted by Gasteiger charge is -2.29. The van der Waals surface area contributed by atoms with E-state index in [-0.39, 0.29) is 29.2 Å². The summed E-state index contributed by atoms with van der Waals surface area (Å²) >= 11 is 0. The molecule has 2 aliphatic carbocycles. The number of hydrogen-bond donors (Lipinski definition) is 0. The Hall–Kier alpha value is -1.32. The van der Waals surface area contributed by atoms with Crippen LogP contribution in [-0.4, -0.2) is 23.1 Å². The predicted molar refractivity (Wildman–Crippen MR) is 88.9 cm³/mol. The summed E-state index contributed by atoms with van der Waals surface area (Å²) in [5, 5.41) is 0. The quantitative estimate of drug-likeness (QED) is 0.513. The highest BCUT2D eigenvalue weighted by Crippen LogP contribution is 2.38. The molecule has 0 aromatic heterocycles. The van der Waals surface area contributed by atoms with E-state index in [2.05, 4.69) is 6.58 Å². The van der Waals surface area contributed by atoms with Crippen LogP contribution in [0.15, 0.2) is 12.2 Å². The molecule has 0 amide bonds. The van der Waals surface area contributed by atoms with Crippen molar-refractivity contribution >= 4 is 11.9 Å². The molecule has 0 unspecified atom stereocenters. The summed E-state index contributed by atoms with van der Waals surface area (Å²) in [4.78, 5) is 24.4. The molecule has 0 atom stereocenters. The molecule has 0 bridgehead atoms. The van der Waals surface area contributed by atoms with Gasteiger partial charge in [0.1, 0.15) is 11.2 Å². The smallest absolute Gasteiger partial charge is 0.334 e. The van der Waals surface area contributed by atoms with E-state index in [1.807, 2.05) is 13.8 Å². The second-order valence-corrected chi connectivity index (χ2v) is 7.13. The van der Waals surface area contributed by atoms with Gasteiger partial charge in [0.05, 0.1) is 6.42 Å². The SMILES string of the molecule is C=C(CC(=O)OC1(CC)CCCC1)C(=O)OC1(CC)CCCC1. The van der Waals surface area contributed by atoms with Crippen molar-refractivity contribution in [3.8, 4) is 0 Å². The van der Waals surface area contributed by atoms with Crippen LogP contribution in [0.1, 0.15) is 84.5 Å². The van der Waals surface area contributed by atoms with Crippen LogP contribution in [0.4, 0.5) is 0 Å². The molecular formula is C19H30O4. The van der Waals surface area contributed by atoms with Crippen LogP contribution >= 0.6 is 0 Å². The Balaban J connectivity index is 1.85. The van der Waals surface area contributed by atoms with Crippen LogP contribution in [0.25, 0.3) is 0 Å². The van der Waals surface area contributed by atoms with Crippen molar-refractivity contribution in [2.24, 2.45) is 0 Å². The Morgan fingerprint density at radius 2 is 1.30 bits per heavy atom. The lowest BCUT2D eigenvalue weighted by Crippen LogP contribution is -2.33. The third-order valence-electron chi connectivity index (χ3n) is 5.60. The highest BCUT2D eigenvalue weighted by molar-refractivity contribution is 5.93. The van der Waals surface area contributed by atoms with Gasteiger partial charge in [-0.1, -0.05) is 20.4 Å². The molecule has 4 heteroatoms. The molecule has 4 nitrogen and oxygen atoms in total. The number of carbonyl (C=O) groups is 2. The van der Waals surface area contributed by atoms with E-state index >= 15 is 0 Å². The van der Waals surface area contributed by atoms with E-state index in [9.17, 15) is 9.59 Å². The fraction of sp³-hybridized carbons (Fsp3) is 0.789. The van der Waals surface area contributed by atoms with Crippen molar-refractivity contribution in [3.05, 3.63) is 12.2 Å². The number of carbonyl (C=O) groups excluding carboxylic acids is 2. The molecule has 2 rings (SSSR count). The largest absolute Gasteiger partial charge is 0.459 e. The highest BCUT2D eigenvalue weighted by Gasteiger charge is 2.38. The second-order valence-electron chi connectivity index (χ2n) is 7.13. The van der Waals surface area contributed by atoms with Crippen molar-refractivity contribution in [2.45, 2.75) is 95.7 Å². The highest BCUT2D eigenvalue weighted by atomic mass is 16.6. The first-order valence-corrected chi connectivity index (χ1v) is 9.07. The van der Waals surface area contributed by atoms with E-state index in [0.717, 1.165) is 64.2 Å². The zero-order chi connectivity index (χ0) is 16.9. The van der Waals surface area contributed by atoms with Gasteiger partial charge in [0.2, 0.25) is 0 Å². The summed E-state index contributed by atoms with van der Waals surface area (Å²) < 4.78 is 11.4. The Kier molecular flexibility index (Phi) is 5.88. The summed E-state index contributed by atoms with van der Waals surface area (Å²) in [5.74, 6) is -0.796. The number of esters is 2. The van der Waals surface area contributed by atoms with Crippen molar-refractivity contribution in [1.82, 2.24) is 0 Å². The Labute approximate surface area is 139 Å². The van der Waals surface area contributed by atoms with Crippen molar-refractivity contribution < 1.29 is 19.1 Å². The number of rotatable bonds is 7. The molecule has 0 aliphatic heterocycles. The summed E-state index contributed by atoms with van der Waals surface area (Å²) in [6.45, 7) is 7.84. The molecule has 0 saturated heterocycles. The van der Waals surface area contributed by atoms with Crippen LogP contribution < -0.4 is 0 Å². The molecule has 0 spiro atoms. The summed E-state index contributed by atoms with van der Waals surface area (Å²) in [6, 6.07) is 0. The first kappa shape index (κ1) is 18.0. The third-order valence-corrected chi connectivity index (χ3v) is 5.60. The molecule has 2 aliphatic rings. The van der Waals surface area contributed by atoms with E-state index in [1.54, 1.807) is 0 Å². The van der Waals surface area contributed by atoms with E-state index < -0.39 is 5.97 Å². The average Bonchev–Trinajstić information content (AvgIpc) is 3.17. The summed E-state index contributed by atoms with van der Waals surface area (Å²) in [7, 11) is 0. The van der Waals surface area contributed by atoms with Gasteiger partial charge >= 0.3 is 11.9 Å². The van der Waals surface area contributed by atoms with Crippen LogP contribution in [0, 0.1) is 0 Å². The minimum absolute atomic E-state index is 0.0691. The molecule has 0 aromatic carbocycles. The van der Waals surface area contributed by atoms with Gasteiger partial charge in [-0.3, -0.25) is 4.79 Å². The van der Waals surface area contributed by atoms with Gasteiger partial charge in [0.15, 0.2) is 0 Å². The number of hydrogen-bond acceptors (Lipinski definition) is 4. The van der Waals surface area contributed by atoms with Gasteiger partial charge < -0.3 is 9.47 Å². The van der Waals surface area contributed by atoms with Gasteiger partial charge in [0, 0.05) is 5.57 Å². The molecular weight excluding hydrogens is 292 g/mol. The van der Waals surface area contributed by atoms with E-state index in [4.69, 9.17) is 9.47 Å². The Bertz CT molecular complexity index is 454. The Morgan fingerprint density at radius 3 is 1.74 bits per heavy atom. The molecule has 0 heterocycles. The predicted octanol–water partition coefficient (Wildman–Crippen LogP) is 4.46. The minimum Gasteiger partial charge on any atom is -0.459 e. The Morgan fingerprint density at radius 1 is 0.870 bits per heavy atom. The zero-order valence-electron chi connectivity index (χ0n) is 14.6. The van der Waals surface area contributed by atoms with Gasteiger partial charge in [-0.2, -0.15) is 0 Å². The first-order chi connectivity index (χ1) is 10.9. The van der Waals surface area contributed by atoms with Crippen LogP contribution in [0.3, 0.4) is 0 Å².